The average molecular weight is 408 g/mol. The summed E-state index contributed by atoms with van der Waals surface area (Å²) in [7, 11) is -3.85. The van der Waals surface area contributed by atoms with Gasteiger partial charge in [-0.2, -0.15) is 13.2 Å². The van der Waals surface area contributed by atoms with Crippen LogP contribution in [0.1, 0.15) is 5.56 Å². The van der Waals surface area contributed by atoms with E-state index in [1.807, 2.05) is 0 Å². The predicted molar refractivity (Wildman–Crippen MR) is 91.4 cm³/mol. The molecule has 0 aliphatic heterocycles. The van der Waals surface area contributed by atoms with Crippen molar-refractivity contribution in [2.75, 3.05) is 17.2 Å². The van der Waals surface area contributed by atoms with Crippen LogP contribution in [0.2, 0.25) is 5.02 Å². The van der Waals surface area contributed by atoms with Gasteiger partial charge in [-0.15, -0.1) is 0 Å². The summed E-state index contributed by atoms with van der Waals surface area (Å²) >= 11 is 5.82. The lowest BCUT2D eigenvalue weighted by molar-refractivity contribution is -0.137. The molecule has 2 rings (SSSR count). The number of halogens is 4. The first-order chi connectivity index (χ1) is 12.0. The van der Waals surface area contributed by atoms with Crippen LogP contribution in [0.15, 0.2) is 47.4 Å². The van der Waals surface area contributed by atoms with Crippen molar-refractivity contribution in [1.82, 2.24) is 0 Å². The van der Waals surface area contributed by atoms with Crippen LogP contribution in [0.3, 0.4) is 0 Å². The first-order valence-corrected chi connectivity index (χ1v) is 8.92. The first-order valence-electron chi connectivity index (χ1n) is 7.00. The predicted octanol–water partition coefficient (Wildman–Crippen LogP) is 3.06. The topological polar surface area (TPSA) is 101 Å². The lowest BCUT2D eigenvalue weighted by Gasteiger charge is -2.12. The van der Waals surface area contributed by atoms with Gasteiger partial charge in [0.15, 0.2) is 0 Å². The van der Waals surface area contributed by atoms with E-state index in [-0.39, 0.29) is 22.2 Å². The monoisotopic (exact) mass is 407 g/mol. The maximum atomic E-state index is 12.7. The third-order valence-electron chi connectivity index (χ3n) is 3.20. The SMILES string of the molecule is NS(=O)(=O)c1ccc(NC(=O)CNc2cc(C(F)(F)F)ccc2Cl)cc1. The minimum atomic E-state index is -4.53. The molecule has 11 heteroatoms. The van der Waals surface area contributed by atoms with Gasteiger partial charge in [0, 0.05) is 5.69 Å². The molecule has 0 aromatic heterocycles. The minimum Gasteiger partial charge on any atom is -0.375 e. The highest BCUT2D eigenvalue weighted by atomic mass is 35.5. The number of amides is 1. The van der Waals surface area contributed by atoms with E-state index in [0.29, 0.717) is 5.69 Å². The molecule has 0 fully saturated rings. The molecule has 140 valence electrons. The van der Waals surface area contributed by atoms with Crippen molar-refractivity contribution >= 4 is 38.9 Å². The van der Waals surface area contributed by atoms with Crippen LogP contribution in [-0.4, -0.2) is 20.9 Å². The molecule has 0 spiro atoms. The summed E-state index contributed by atoms with van der Waals surface area (Å²) in [5.41, 5.74) is -0.649. The molecule has 0 bridgehead atoms. The summed E-state index contributed by atoms with van der Waals surface area (Å²) in [6, 6.07) is 7.79. The van der Waals surface area contributed by atoms with Gasteiger partial charge in [-0.3, -0.25) is 4.79 Å². The Morgan fingerprint density at radius 1 is 1.12 bits per heavy atom. The number of alkyl halides is 3. The van der Waals surface area contributed by atoms with E-state index < -0.39 is 27.7 Å². The number of nitrogens with one attached hydrogen (secondary N) is 2. The molecule has 0 aliphatic carbocycles. The molecule has 1 amide bonds. The number of rotatable bonds is 5. The van der Waals surface area contributed by atoms with E-state index in [1.54, 1.807) is 0 Å². The minimum absolute atomic E-state index is 0.0308. The molecule has 2 aromatic rings. The van der Waals surface area contributed by atoms with E-state index in [1.165, 1.54) is 24.3 Å². The molecule has 0 atom stereocenters. The van der Waals surface area contributed by atoms with E-state index >= 15 is 0 Å². The van der Waals surface area contributed by atoms with Gasteiger partial charge < -0.3 is 10.6 Å². The normalized spacial score (nSPS) is 11.9. The molecular weight excluding hydrogens is 395 g/mol. The third kappa shape index (κ3) is 5.35. The lowest BCUT2D eigenvalue weighted by atomic mass is 10.2. The maximum Gasteiger partial charge on any atom is 0.416 e. The smallest absolute Gasteiger partial charge is 0.375 e. The van der Waals surface area contributed by atoms with Crippen molar-refractivity contribution in [3.05, 3.63) is 53.1 Å². The summed E-state index contributed by atoms with van der Waals surface area (Å²) in [5.74, 6) is -0.568. The zero-order valence-corrected chi connectivity index (χ0v) is 14.5. The second kappa shape index (κ2) is 7.52. The molecule has 2 aromatic carbocycles. The second-order valence-electron chi connectivity index (χ2n) is 5.16. The van der Waals surface area contributed by atoms with Crippen molar-refractivity contribution in [3.63, 3.8) is 0 Å². The van der Waals surface area contributed by atoms with Crippen molar-refractivity contribution in [1.29, 1.82) is 0 Å². The molecule has 26 heavy (non-hydrogen) atoms. The zero-order valence-electron chi connectivity index (χ0n) is 13.0. The highest BCUT2D eigenvalue weighted by Gasteiger charge is 2.31. The van der Waals surface area contributed by atoms with Crippen molar-refractivity contribution < 1.29 is 26.4 Å². The van der Waals surface area contributed by atoms with Gasteiger partial charge in [0.1, 0.15) is 0 Å². The number of hydrogen-bond donors (Lipinski definition) is 3. The first kappa shape index (κ1) is 20.0. The Morgan fingerprint density at radius 2 is 1.73 bits per heavy atom. The summed E-state index contributed by atoms with van der Waals surface area (Å²) in [6.07, 6.45) is -4.53. The van der Waals surface area contributed by atoms with Gasteiger partial charge in [-0.1, -0.05) is 11.6 Å². The van der Waals surface area contributed by atoms with Gasteiger partial charge >= 0.3 is 6.18 Å². The molecule has 0 radical (unpaired) electrons. The van der Waals surface area contributed by atoms with Gasteiger partial charge in [-0.25, -0.2) is 13.6 Å². The number of nitrogens with two attached hydrogens (primary N) is 1. The number of benzene rings is 2. The fourth-order valence-electron chi connectivity index (χ4n) is 1.95. The summed E-state index contributed by atoms with van der Waals surface area (Å²) in [5, 5.41) is 9.96. The summed E-state index contributed by atoms with van der Waals surface area (Å²) < 4.78 is 60.4. The summed E-state index contributed by atoms with van der Waals surface area (Å²) in [4.78, 5) is 11.8. The molecule has 0 aliphatic rings. The zero-order chi connectivity index (χ0) is 19.5. The Balaban J connectivity index is 2.01. The number of carbonyl (C=O) groups is 1. The maximum absolute atomic E-state index is 12.7. The number of hydrogen-bond acceptors (Lipinski definition) is 4. The van der Waals surface area contributed by atoms with Gasteiger partial charge in [-0.05, 0) is 42.5 Å². The van der Waals surface area contributed by atoms with Gasteiger partial charge in [0.25, 0.3) is 0 Å². The fourth-order valence-corrected chi connectivity index (χ4v) is 2.65. The Labute approximate surface area is 152 Å². The Hall–Kier alpha value is -2.30. The number of carbonyl (C=O) groups excluding carboxylic acids is 1. The summed E-state index contributed by atoms with van der Waals surface area (Å²) in [6.45, 7) is -0.349. The van der Waals surface area contributed by atoms with Gasteiger partial charge in [0.2, 0.25) is 15.9 Å². The largest absolute Gasteiger partial charge is 0.416 e. The molecule has 0 saturated heterocycles. The van der Waals surface area contributed by atoms with Crippen LogP contribution in [0.5, 0.6) is 0 Å². The molecular formula is C15H13ClF3N3O3S. The second-order valence-corrected chi connectivity index (χ2v) is 7.13. The molecule has 0 heterocycles. The molecule has 0 unspecified atom stereocenters. The van der Waals surface area contributed by atoms with E-state index in [4.69, 9.17) is 16.7 Å². The lowest BCUT2D eigenvalue weighted by Crippen LogP contribution is -2.22. The van der Waals surface area contributed by atoms with Crippen LogP contribution in [0.4, 0.5) is 24.5 Å². The molecule has 0 saturated carbocycles. The van der Waals surface area contributed by atoms with Crippen molar-refractivity contribution in [3.8, 4) is 0 Å². The van der Waals surface area contributed by atoms with E-state index in [9.17, 15) is 26.4 Å². The quantitative estimate of drug-likeness (QED) is 0.709. The van der Waals surface area contributed by atoms with Gasteiger partial charge in [0.05, 0.1) is 27.7 Å². The number of anilines is 2. The average Bonchev–Trinajstić information content (AvgIpc) is 2.52. The fraction of sp³-hybridized carbons (Fsp3) is 0.133. The van der Waals surface area contributed by atoms with Crippen molar-refractivity contribution in [2.24, 2.45) is 5.14 Å². The van der Waals surface area contributed by atoms with E-state index in [0.717, 1.165) is 18.2 Å². The molecule has 6 nitrogen and oxygen atoms in total. The Morgan fingerprint density at radius 3 is 2.27 bits per heavy atom. The highest BCUT2D eigenvalue weighted by Crippen LogP contribution is 2.33. The van der Waals surface area contributed by atoms with E-state index in [2.05, 4.69) is 10.6 Å². The number of sulfonamides is 1. The van der Waals surface area contributed by atoms with Crippen molar-refractivity contribution in [2.45, 2.75) is 11.1 Å². The molecule has 4 N–H and O–H groups in total. The van der Waals surface area contributed by atoms with Crippen LogP contribution >= 0.6 is 11.6 Å². The van der Waals surface area contributed by atoms with Crippen LogP contribution < -0.4 is 15.8 Å². The third-order valence-corrected chi connectivity index (χ3v) is 4.46. The Kier molecular flexibility index (Phi) is 5.79. The Bertz CT molecular complexity index is 916. The van der Waals surface area contributed by atoms with Crippen LogP contribution in [0.25, 0.3) is 0 Å². The van der Waals surface area contributed by atoms with Crippen LogP contribution in [0, 0.1) is 0 Å². The van der Waals surface area contributed by atoms with Crippen LogP contribution in [-0.2, 0) is 21.0 Å². The highest BCUT2D eigenvalue weighted by molar-refractivity contribution is 7.89. The number of primary sulfonamides is 1. The standard InChI is InChI=1S/C15H13ClF3N3O3S/c16-12-6-1-9(15(17,18)19)7-13(12)21-8-14(23)22-10-2-4-11(5-3-10)26(20,24)25/h1-7,21H,8H2,(H,22,23)(H2,20,24,25).